The summed E-state index contributed by atoms with van der Waals surface area (Å²) in [5, 5.41) is 0. The summed E-state index contributed by atoms with van der Waals surface area (Å²) >= 11 is 0. The predicted molar refractivity (Wildman–Crippen MR) is 78.4 cm³/mol. The topological polar surface area (TPSA) is 72.2 Å². The largest absolute Gasteiger partial charge is 0.330 e. The van der Waals surface area contributed by atoms with E-state index < -0.39 is 10.0 Å². The molecule has 0 amide bonds. The maximum atomic E-state index is 12.2. The average Bonchev–Trinajstić information content (AvgIpc) is 2.28. The van der Waals surface area contributed by atoms with Gasteiger partial charge < -0.3 is 5.73 Å². The van der Waals surface area contributed by atoms with E-state index >= 15 is 0 Å². The summed E-state index contributed by atoms with van der Waals surface area (Å²) in [7, 11) is -3.46. The molecule has 0 heterocycles. The Labute approximate surface area is 116 Å². The van der Waals surface area contributed by atoms with E-state index in [9.17, 15) is 8.42 Å². The predicted octanol–water partition coefficient (Wildman–Crippen LogP) is 1.90. The quantitative estimate of drug-likeness (QED) is 0.867. The first-order valence-corrected chi connectivity index (χ1v) is 7.96. The van der Waals surface area contributed by atoms with Crippen LogP contribution in [0.2, 0.25) is 0 Å². The Morgan fingerprint density at radius 2 is 1.74 bits per heavy atom. The summed E-state index contributed by atoms with van der Waals surface area (Å²) < 4.78 is 27.2. The number of nitrogens with two attached hydrogens (primary N) is 1. The van der Waals surface area contributed by atoms with Gasteiger partial charge in [0.15, 0.2) is 0 Å². The van der Waals surface area contributed by atoms with Crippen molar-refractivity contribution in [3.8, 4) is 0 Å². The van der Waals surface area contributed by atoms with E-state index in [1.54, 1.807) is 12.1 Å². The molecular formula is C14H24N2O2S. The Morgan fingerprint density at radius 1 is 1.21 bits per heavy atom. The highest BCUT2D eigenvalue weighted by Gasteiger charge is 2.25. The van der Waals surface area contributed by atoms with Crippen LogP contribution in [0.4, 0.5) is 0 Å². The summed E-state index contributed by atoms with van der Waals surface area (Å²) in [6.45, 7) is 8.45. The van der Waals surface area contributed by atoms with Crippen molar-refractivity contribution in [3.05, 3.63) is 29.8 Å². The van der Waals surface area contributed by atoms with Crippen LogP contribution in [0.3, 0.4) is 0 Å². The molecule has 0 saturated heterocycles. The van der Waals surface area contributed by atoms with Crippen LogP contribution in [0.25, 0.3) is 0 Å². The fourth-order valence-electron chi connectivity index (χ4n) is 1.48. The van der Waals surface area contributed by atoms with Gasteiger partial charge in [-0.05, 0) is 43.0 Å². The standard InChI is InChI=1S/C14H24N2O2S/c1-11(14(2,3)4)16-19(17,18)13-7-5-12(6-8-13)9-10-15/h5-8,11,16H,9-10,15H2,1-4H3. The molecule has 1 unspecified atom stereocenters. The lowest BCUT2D eigenvalue weighted by Gasteiger charge is -2.27. The van der Waals surface area contributed by atoms with Crippen molar-refractivity contribution in [2.24, 2.45) is 11.1 Å². The zero-order valence-electron chi connectivity index (χ0n) is 12.1. The molecule has 0 radical (unpaired) electrons. The summed E-state index contributed by atoms with van der Waals surface area (Å²) in [5.41, 5.74) is 6.40. The van der Waals surface area contributed by atoms with Crippen LogP contribution in [0.15, 0.2) is 29.2 Å². The third-order valence-electron chi connectivity index (χ3n) is 3.30. The van der Waals surface area contributed by atoms with Gasteiger partial charge in [0.1, 0.15) is 0 Å². The van der Waals surface area contributed by atoms with Crippen LogP contribution < -0.4 is 10.5 Å². The molecule has 5 heteroatoms. The second-order valence-corrected chi connectivity index (χ2v) is 7.61. The van der Waals surface area contributed by atoms with E-state index in [4.69, 9.17) is 5.73 Å². The second kappa shape index (κ2) is 6.03. The van der Waals surface area contributed by atoms with Gasteiger partial charge in [0.2, 0.25) is 10.0 Å². The molecule has 108 valence electrons. The third-order valence-corrected chi connectivity index (χ3v) is 4.85. The summed E-state index contributed by atoms with van der Waals surface area (Å²) in [5.74, 6) is 0. The van der Waals surface area contributed by atoms with Crippen molar-refractivity contribution in [2.75, 3.05) is 6.54 Å². The van der Waals surface area contributed by atoms with Crippen molar-refractivity contribution in [1.29, 1.82) is 0 Å². The zero-order valence-corrected chi connectivity index (χ0v) is 12.9. The molecule has 0 bridgehead atoms. The Bertz CT molecular complexity index is 501. The molecule has 1 aromatic rings. The molecule has 3 N–H and O–H groups in total. The minimum atomic E-state index is -3.46. The minimum Gasteiger partial charge on any atom is -0.330 e. The van der Waals surface area contributed by atoms with E-state index in [0.29, 0.717) is 11.4 Å². The van der Waals surface area contributed by atoms with E-state index in [-0.39, 0.29) is 11.5 Å². The highest BCUT2D eigenvalue weighted by atomic mass is 32.2. The maximum absolute atomic E-state index is 12.2. The lowest BCUT2D eigenvalue weighted by molar-refractivity contribution is 0.317. The van der Waals surface area contributed by atoms with Crippen LogP contribution in [-0.4, -0.2) is 21.0 Å². The van der Waals surface area contributed by atoms with Crippen molar-refractivity contribution >= 4 is 10.0 Å². The molecule has 0 aliphatic carbocycles. The number of hydrogen-bond acceptors (Lipinski definition) is 3. The average molecular weight is 284 g/mol. The molecule has 0 spiro atoms. The van der Waals surface area contributed by atoms with Gasteiger partial charge in [-0.25, -0.2) is 13.1 Å². The summed E-state index contributed by atoms with van der Waals surface area (Å²) in [6, 6.07) is 6.74. The molecule has 19 heavy (non-hydrogen) atoms. The van der Waals surface area contributed by atoms with E-state index in [0.717, 1.165) is 12.0 Å². The molecule has 4 nitrogen and oxygen atoms in total. The van der Waals surface area contributed by atoms with Gasteiger partial charge >= 0.3 is 0 Å². The molecule has 1 aromatic carbocycles. The summed E-state index contributed by atoms with van der Waals surface area (Å²) in [6.07, 6.45) is 0.756. The number of hydrogen-bond donors (Lipinski definition) is 2. The van der Waals surface area contributed by atoms with E-state index in [1.807, 2.05) is 39.8 Å². The third kappa shape index (κ3) is 4.60. The Balaban J connectivity index is 2.89. The first-order valence-electron chi connectivity index (χ1n) is 6.48. The molecule has 0 fully saturated rings. The van der Waals surface area contributed by atoms with Gasteiger partial charge in [0.05, 0.1) is 4.90 Å². The lowest BCUT2D eigenvalue weighted by atomic mass is 9.89. The molecule has 1 rings (SSSR count). The molecule has 0 saturated carbocycles. The minimum absolute atomic E-state index is 0.118. The van der Waals surface area contributed by atoms with E-state index in [2.05, 4.69) is 4.72 Å². The smallest absolute Gasteiger partial charge is 0.240 e. The van der Waals surface area contributed by atoms with Crippen molar-refractivity contribution in [2.45, 2.75) is 45.1 Å². The molecule has 0 aliphatic rings. The van der Waals surface area contributed by atoms with Crippen LogP contribution in [0, 0.1) is 5.41 Å². The molecular weight excluding hydrogens is 260 g/mol. The van der Waals surface area contributed by atoms with Gasteiger partial charge in [-0.2, -0.15) is 0 Å². The van der Waals surface area contributed by atoms with Gasteiger partial charge in [-0.15, -0.1) is 0 Å². The molecule has 0 aromatic heterocycles. The van der Waals surface area contributed by atoms with Crippen molar-refractivity contribution < 1.29 is 8.42 Å². The highest BCUT2D eigenvalue weighted by Crippen LogP contribution is 2.21. The Hall–Kier alpha value is -0.910. The highest BCUT2D eigenvalue weighted by molar-refractivity contribution is 7.89. The monoisotopic (exact) mass is 284 g/mol. The van der Waals surface area contributed by atoms with Gasteiger partial charge in [0.25, 0.3) is 0 Å². The van der Waals surface area contributed by atoms with Crippen LogP contribution in [0.1, 0.15) is 33.3 Å². The molecule has 0 aliphatic heterocycles. The van der Waals surface area contributed by atoms with E-state index in [1.165, 1.54) is 0 Å². The number of nitrogens with one attached hydrogen (secondary N) is 1. The van der Waals surface area contributed by atoms with Crippen LogP contribution in [-0.2, 0) is 16.4 Å². The van der Waals surface area contributed by atoms with Gasteiger partial charge in [-0.1, -0.05) is 32.9 Å². The van der Waals surface area contributed by atoms with Gasteiger partial charge in [-0.3, -0.25) is 0 Å². The number of sulfonamides is 1. The second-order valence-electron chi connectivity index (χ2n) is 5.89. The first-order chi connectivity index (χ1) is 8.66. The van der Waals surface area contributed by atoms with Crippen molar-refractivity contribution in [1.82, 2.24) is 4.72 Å². The lowest BCUT2D eigenvalue weighted by Crippen LogP contribution is -2.41. The van der Waals surface area contributed by atoms with Crippen molar-refractivity contribution in [3.63, 3.8) is 0 Å². The first kappa shape index (κ1) is 16.1. The fraction of sp³-hybridized carbons (Fsp3) is 0.571. The summed E-state index contributed by atoms with van der Waals surface area (Å²) in [4.78, 5) is 0.296. The number of benzene rings is 1. The Morgan fingerprint density at radius 3 is 2.16 bits per heavy atom. The zero-order chi connectivity index (χ0) is 14.7. The molecule has 1 atom stereocenters. The van der Waals surface area contributed by atoms with Gasteiger partial charge in [0, 0.05) is 6.04 Å². The van der Waals surface area contributed by atoms with Crippen LogP contribution >= 0.6 is 0 Å². The van der Waals surface area contributed by atoms with Crippen LogP contribution in [0.5, 0.6) is 0 Å². The normalized spacial score (nSPS) is 14.4. The SMILES string of the molecule is CC(NS(=O)(=O)c1ccc(CCN)cc1)C(C)(C)C. The number of rotatable bonds is 5. The maximum Gasteiger partial charge on any atom is 0.240 e. The Kier molecular flexibility index (Phi) is 5.12. The fourth-order valence-corrected chi connectivity index (χ4v) is 2.93.